The molecule has 2 heteroatoms. The molecule has 3 atom stereocenters. The molecule has 5 rings (SSSR count). The number of para-hydroxylation sites is 2. The third kappa shape index (κ3) is 3.61. The van der Waals surface area contributed by atoms with Crippen molar-refractivity contribution >= 4 is 22.7 Å². The van der Waals surface area contributed by atoms with E-state index in [9.17, 15) is 0 Å². The van der Waals surface area contributed by atoms with Crippen LogP contribution in [0, 0.1) is 22.7 Å². The van der Waals surface area contributed by atoms with Crippen molar-refractivity contribution in [3.63, 3.8) is 0 Å². The molecule has 2 N–H and O–H groups in total. The maximum atomic E-state index is 8.86. The Kier molecular flexibility index (Phi) is 4.81. The summed E-state index contributed by atoms with van der Waals surface area (Å²) in [6, 6.07) is 18.9. The molecular weight excluding hydrogens is 376 g/mol. The molecule has 2 aromatic carbocycles. The van der Waals surface area contributed by atoms with Gasteiger partial charge in [0.05, 0.1) is 5.71 Å². The zero-order valence-electron chi connectivity index (χ0n) is 18.6. The minimum Gasteiger partial charge on any atom is -0.355 e. The second kappa shape index (κ2) is 7.53. The molecule has 0 radical (unpaired) electrons. The first kappa shape index (κ1) is 19.8. The Hall–Kier alpha value is -3.13. The number of benzene rings is 2. The van der Waals surface area contributed by atoms with E-state index in [2.05, 4.69) is 92.8 Å². The fraction of sp³-hybridized carbons (Fsp3) is 0.276. The zero-order valence-corrected chi connectivity index (χ0v) is 18.6. The lowest BCUT2D eigenvalue weighted by atomic mass is 9.75. The van der Waals surface area contributed by atoms with Crippen molar-refractivity contribution in [3.8, 4) is 0 Å². The lowest BCUT2D eigenvalue weighted by Gasteiger charge is -2.30. The first-order valence-corrected chi connectivity index (χ1v) is 11.3. The Morgan fingerprint density at radius 3 is 2.55 bits per heavy atom. The van der Waals surface area contributed by atoms with Crippen LogP contribution in [0.4, 0.5) is 11.4 Å². The number of fused-ring (bicyclic) bond motifs is 2. The van der Waals surface area contributed by atoms with E-state index in [4.69, 9.17) is 5.41 Å². The zero-order chi connectivity index (χ0) is 21.6. The number of nitrogens with one attached hydrogen (secondary N) is 2. The lowest BCUT2D eigenvalue weighted by Crippen LogP contribution is -2.17. The van der Waals surface area contributed by atoms with Crippen LogP contribution in [0.25, 0.3) is 5.57 Å². The van der Waals surface area contributed by atoms with Crippen molar-refractivity contribution in [1.29, 1.82) is 5.41 Å². The fourth-order valence-electron chi connectivity index (χ4n) is 5.13. The summed E-state index contributed by atoms with van der Waals surface area (Å²) in [7, 11) is 0. The van der Waals surface area contributed by atoms with Gasteiger partial charge in [-0.2, -0.15) is 0 Å². The molecule has 0 spiro atoms. The minimum atomic E-state index is 0.139. The third-order valence-corrected chi connectivity index (χ3v) is 7.07. The molecule has 2 aromatic rings. The number of hydrogen-bond acceptors (Lipinski definition) is 2. The fourth-order valence-corrected chi connectivity index (χ4v) is 5.13. The van der Waals surface area contributed by atoms with Gasteiger partial charge in [-0.1, -0.05) is 74.9 Å². The topological polar surface area (TPSA) is 35.9 Å². The normalized spacial score (nSPS) is 30.0. The molecule has 2 nitrogen and oxygen atoms in total. The molecule has 3 aliphatic carbocycles. The van der Waals surface area contributed by atoms with Gasteiger partial charge in [0.2, 0.25) is 0 Å². The van der Waals surface area contributed by atoms with Gasteiger partial charge in [0, 0.05) is 22.4 Å². The van der Waals surface area contributed by atoms with E-state index < -0.39 is 0 Å². The molecular formula is C29H30N2. The lowest BCUT2D eigenvalue weighted by molar-refractivity contribution is 0.605. The highest BCUT2D eigenvalue weighted by Crippen LogP contribution is 2.61. The number of allylic oxidation sites excluding steroid dienone is 8. The first-order valence-electron chi connectivity index (χ1n) is 11.3. The van der Waals surface area contributed by atoms with Crippen molar-refractivity contribution in [3.05, 3.63) is 101 Å². The van der Waals surface area contributed by atoms with E-state index in [-0.39, 0.29) is 5.41 Å². The Bertz CT molecular complexity index is 1160. The molecule has 0 aromatic heterocycles. The van der Waals surface area contributed by atoms with Gasteiger partial charge in [0.15, 0.2) is 0 Å². The molecule has 156 valence electrons. The summed E-state index contributed by atoms with van der Waals surface area (Å²) in [5.41, 5.74) is 9.65. The van der Waals surface area contributed by atoms with Crippen molar-refractivity contribution < 1.29 is 0 Å². The maximum absolute atomic E-state index is 8.86. The SMILES string of the molecule is CC1/C=C\C(=N)C2=C(CC(C)C(c3ccccc3Nc3ccccc3)=C2)C2(C)C/C2=C\1. The largest absolute Gasteiger partial charge is 0.355 e. The van der Waals surface area contributed by atoms with Crippen LogP contribution in [-0.4, -0.2) is 5.71 Å². The highest BCUT2D eigenvalue weighted by atomic mass is 14.9. The maximum Gasteiger partial charge on any atom is 0.0609 e. The Morgan fingerprint density at radius 2 is 1.74 bits per heavy atom. The molecule has 3 unspecified atom stereocenters. The number of rotatable bonds is 3. The predicted octanol–water partition coefficient (Wildman–Crippen LogP) is 7.71. The van der Waals surface area contributed by atoms with E-state index in [1.165, 1.54) is 16.7 Å². The van der Waals surface area contributed by atoms with Crippen LogP contribution >= 0.6 is 0 Å². The summed E-state index contributed by atoms with van der Waals surface area (Å²) < 4.78 is 0. The Balaban J connectivity index is 1.60. The average molecular weight is 407 g/mol. The van der Waals surface area contributed by atoms with Crippen molar-refractivity contribution in [1.82, 2.24) is 0 Å². The van der Waals surface area contributed by atoms with Gasteiger partial charge in [-0.3, -0.25) is 0 Å². The van der Waals surface area contributed by atoms with Gasteiger partial charge in [0.25, 0.3) is 0 Å². The Morgan fingerprint density at radius 1 is 1.00 bits per heavy atom. The molecule has 0 heterocycles. The van der Waals surface area contributed by atoms with E-state index >= 15 is 0 Å². The van der Waals surface area contributed by atoms with Crippen LogP contribution in [0.1, 0.15) is 39.2 Å². The summed E-state index contributed by atoms with van der Waals surface area (Å²) in [5, 5.41) is 12.5. The second-order valence-electron chi connectivity index (χ2n) is 9.47. The summed E-state index contributed by atoms with van der Waals surface area (Å²) in [5.74, 6) is 0.793. The van der Waals surface area contributed by atoms with Gasteiger partial charge < -0.3 is 10.7 Å². The molecule has 1 fully saturated rings. The van der Waals surface area contributed by atoms with Crippen LogP contribution in [-0.2, 0) is 0 Å². The molecule has 3 aliphatic rings. The van der Waals surface area contributed by atoms with Gasteiger partial charge in [-0.05, 0) is 71.7 Å². The first-order chi connectivity index (χ1) is 15.0. The highest BCUT2D eigenvalue weighted by Gasteiger charge is 2.49. The van der Waals surface area contributed by atoms with E-state index in [0.29, 0.717) is 17.5 Å². The van der Waals surface area contributed by atoms with E-state index in [1.54, 1.807) is 5.57 Å². The van der Waals surface area contributed by atoms with Crippen LogP contribution in [0.15, 0.2) is 95.6 Å². The quantitative estimate of drug-likeness (QED) is 0.503. The van der Waals surface area contributed by atoms with Crippen molar-refractivity contribution in [2.24, 2.45) is 17.3 Å². The standard InChI is InChI=1S/C29H30N2/c1-19-13-14-27(30)25-17-24(20(2)16-26(25)29(3)18-21(29)15-19)23-11-7-8-12-28(23)31-22-9-5-4-6-10-22/h4-15,17,19-20,30-31H,16,18H2,1-3H3/b14-13-,21-15+,30-27?. The van der Waals surface area contributed by atoms with Crippen LogP contribution in [0.3, 0.4) is 0 Å². The summed E-state index contributed by atoms with van der Waals surface area (Å²) in [6.07, 6.45) is 11.0. The van der Waals surface area contributed by atoms with Gasteiger partial charge >= 0.3 is 0 Å². The van der Waals surface area contributed by atoms with Crippen molar-refractivity contribution in [2.75, 3.05) is 5.32 Å². The summed E-state index contributed by atoms with van der Waals surface area (Å²) >= 11 is 0. The Labute approximate surface area is 185 Å². The second-order valence-corrected chi connectivity index (χ2v) is 9.47. The third-order valence-electron chi connectivity index (χ3n) is 7.07. The highest BCUT2D eigenvalue weighted by molar-refractivity contribution is 6.11. The molecule has 0 aliphatic heterocycles. The number of anilines is 2. The molecule has 1 saturated carbocycles. The number of hydrogen-bond donors (Lipinski definition) is 2. The average Bonchev–Trinajstić information content (AvgIpc) is 3.42. The molecule has 0 amide bonds. The monoisotopic (exact) mass is 406 g/mol. The van der Waals surface area contributed by atoms with E-state index in [0.717, 1.165) is 29.8 Å². The van der Waals surface area contributed by atoms with Gasteiger partial charge in [-0.15, -0.1) is 0 Å². The van der Waals surface area contributed by atoms with Gasteiger partial charge in [-0.25, -0.2) is 0 Å². The van der Waals surface area contributed by atoms with E-state index in [1.807, 2.05) is 12.1 Å². The van der Waals surface area contributed by atoms with Gasteiger partial charge in [0.1, 0.15) is 0 Å². The smallest absolute Gasteiger partial charge is 0.0609 e. The minimum absolute atomic E-state index is 0.139. The summed E-state index contributed by atoms with van der Waals surface area (Å²) in [6.45, 7) is 6.92. The van der Waals surface area contributed by atoms with Crippen molar-refractivity contribution in [2.45, 2.75) is 33.6 Å². The summed E-state index contributed by atoms with van der Waals surface area (Å²) in [4.78, 5) is 0. The van der Waals surface area contributed by atoms with Crippen LogP contribution in [0.2, 0.25) is 0 Å². The molecule has 0 bridgehead atoms. The molecule has 0 saturated heterocycles. The van der Waals surface area contributed by atoms with Crippen LogP contribution < -0.4 is 5.32 Å². The molecule has 31 heavy (non-hydrogen) atoms. The van der Waals surface area contributed by atoms with Crippen LogP contribution in [0.5, 0.6) is 0 Å². The predicted molar refractivity (Wildman–Crippen MR) is 132 cm³/mol.